The number of hydrogen-bond donors (Lipinski definition) is 2. The van der Waals surface area contributed by atoms with Crippen LogP contribution in [0.3, 0.4) is 0 Å². The van der Waals surface area contributed by atoms with Crippen molar-refractivity contribution < 1.29 is 5.11 Å². The molecular weight excluding hydrogens is 277 g/mol. The van der Waals surface area contributed by atoms with Crippen LogP contribution in [0.2, 0.25) is 5.02 Å². The van der Waals surface area contributed by atoms with Crippen LogP contribution in [-0.2, 0) is 6.42 Å². The molecule has 15 heavy (non-hydrogen) atoms. The number of benzene rings is 1. The van der Waals surface area contributed by atoms with Gasteiger partial charge in [-0.2, -0.15) is 0 Å². The molecule has 2 N–H and O–H groups in total. The predicted molar refractivity (Wildman–Crippen MR) is 66.4 cm³/mol. The maximum absolute atomic E-state index is 8.80. The molecule has 0 saturated carbocycles. The molecule has 0 fully saturated rings. The molecular formula is C11H11BrClNO. The average Bonchev–Trinajstić information content (AvgIpc) is 2.58. The van der Waals surface area contributed by atoms with Gasteiger partial charge < -0.3 is 10.1 Å². The summed E-state index contributed by atoms with van der Waals surface area (Å²) < 4.78 is 0.977. The van der Waals surface area contributed by atoms with E-state index >= 15 is 0 Å². The molecule has 0 aliphatic rings. The van der Waals surface area contributed by atoms with Crippen molar-refractivity contribution in [1.29, 1.82) is 0 Å². The molecule has 0 bridgehead atoms. The Hall–Kier alpha value is -0.510. The zero-order valence-corrected chi connectivity index (χ0v) is 10.4. The third-order valence-corrected chi connectivity index (χ3v) is 3.15. The number of aromatic amines is 1. The molecule has 0 saturated heterocycles. The molecule has 2 rings (SSSR count). The monoisotopic (exact) mass is 287 g/mol. The van der Waals surface area contributed by atoms with Crippen LogP contribution in [0.5, 0.6) is 0 Å². The first-order chi connectivity index (χ1) is 7.22. The molecule has 0 amide bonds. The van der Waals surface area contributed by atoms with Crippen molar-refractivity contribution >= 4 is 38.4 Å². The van der Waals surface area contributed by atoms with Gasteiger partial charge in [0.25, 0.3) is 0 Å². The number of H-pyrrole nitrogens is 1. The van der Waals surface area contributed by atoms with E-state index in [4.69, 9.17) is 16.7 Å². The fourth-order valence-corrected chi connectivity index (χ4v) is 2.55. The van der Waals surface area contributed by atoms with Gasteiger partial charge in [-0.15, -0.1) is 0 Å². The van der Waals surface area contributed by atoms with E-state index in [0.717, 1.165) is 33.2 Å². The average molecular weight is 289 g/mol. The Kier molecular flexibility index (Phi) is 3.34. The van der Waals surface area contributed by atoms with Gasteiger partial charge in [-0.25, -0.2) is 0 Å². The number of nitrogens with one attached hydrogen (secondary N) is 1. The van der Waals surface area contributed by atoms with Crippen LogP contribution < -0.4 is 0 Å². The van der Waals surface area contributed by atoms with E-state index in [1.165, 1.54) is 5.56 Å². The summed E-state index contributed by atoms with van der Waals surface area (Å²) in [7, 11) is 0. The molecule has 0 radical (unpaired) electrons. The zero-order valence-electron chi connectivity index (χ0n) is 8.06. The summed E-state index contributed by atoms with van der Waals surface area (Å²) in [6.07, 6.45) is 3.60. The Morgan fingerprint density at radius 1 is 1.40 bits per heavy atom. The van der Waals surface area contributed by atoms with Gasteiger partial charge in [-0.3, -0.25) is 0 Å². The molecule has 0 spiro atoms. The Labute approximate surface area is 101 Å². The Morgan fingerprint density at radius 2 is 2.20 bits per heavy atom. The van der Waals surface area contributed by atoms with Gasteiger partial charge >= 0.3 is 0 Å². The van der Waals surface area contributed by atoms with E-state index in [1.807, 2.05) is 18.3 Å². The highest BCUT2D eigenvalue weighted by molar-refractivity contribution is 9.10. The SMILES string of the molecule is OCCCc1c[nH]c2c(Cl)cc(Br)cc12. The van der Waals surface area contributed by atoms with Crippen molar-refractivity contribution in [3.8, 4) is 0 Å². The third-order valence-electron chi connectivity index (χ3n) is 2.40. The van der Waals surface area contributed by atoms with Crippen LogP contribution in [0.4, 0.5) is 0 Å². The molecule has 2 aromatic rings. The minimum atomic E-state index is 0.217. The molecule has 0 aliphatic carbocycles. The largest absolute Gasteiger partial charge is 0.396 e. The minimum absolute atomic E-state index is 0.217. The summed E-state index contributed by atoms with van der Waals surface area (Å²) in [6.45, 7) is 0.217. The highest BCUT2D eigenvalue weighted by Gasteiger charge is 2.07. The fraction of sp³-hybridized carbons (Fsp3) is 0.273. The van der Waals surface area contributed by atoms with Crippen molar-refractivity contribution in [3.63, 3.8) is 0 Å². The number of hydrogen-bond acceptors (Lipinski definition) is 1. The number of halogens is 2. The van der Waals surface area contributed by atoms with Gasteiger partial charge in [-0.1, -0.05) is 27.5 Å². The topological polar surface area (TPSA) is 36.0 Å². The highest BCUT2D eigenvalue weighted by Crippen LogP contribution is 2.30. The number of aliphatic hydroxyl groups excluding tert-OH is 1. The summed E-state index contributed by atoms with van der Waals surface area (Å²) in [6, 6.07) is 3.92. The minimum Gasteiger partial charge on any atom is -0.396 e. The van der Waals surface area contributed by atoms with Crippen molar-refractivity contribution in [3.05, 3.63) is 33.4 Å². The lowest BCUT2D eigenvalue weighted by atomic mass is 10.1. The molecule has 1 heterocycles. The fourth-order valence-electron chi connectivity index (χ4n) is 1.69. The van der Waals surface area contributed by atoms with Crippen LogP contribution in [0.1, 0.15) is 12.0 Å². The van der Waals surface area contributed by atoms with Gasteiger partial charge in [0.2, 0.25) is 0 Å². The summed E-state index contributed by atoms with van der Waals surface area (Å²) in [4.78, 5) is 3.16. The number of aryl methyl sites for hydroxylation is 1. The van der Waals surface area contributed by atoms with E-state index in [9.17, 15) is 0 Å². The normalized spacial score (nSPS) is 11.1. The highest BCUT2D eigenvalue weighted by atomic mass is 79.9. The van der Waals surface area contributed by atoms with Crippen molar-refractivity contribution in [1.82, 2.24) is 4.98 Å². The number of aliphatic hydroxyl groups is 1. The van der Waals surface area contributed by atoms with Crippen LogP contribution in [-0.4, -0.2) is 16.7 Å². The summed E-state index contributed by atoms with van der Waals surface area (Å²) in [5.74, 6) is 0. The Balaban J connectivity index is 2.49. The number of fused-ring (bicyclic) bond motifs is 1. The molecule has 0 aliphatic heterocycles. The van der Waals surface area contributed by atoms with Crippen molar-refractivity contribution in [2.24, 2.45) is 0 Å². The van der Waals surface area contributed by atoms with Crippen molar-refractivity contribution in [2.45, 2.75) is 12.8 Å². The Bertz CT molecular complexity index is 481. The molecule has 0 unspecified atom stereocenters. The lowest BCUT2D eigenvalue weighted by molar-refractivity contribution is 0.289. The first-order valence-corrected chi connectivity index (χ1v) is 5.95. The van der Waals surface area contributed by atoms with Crippen LogP contribution in [0.25, 0.3) is 10.9 Å². The van der Waals surface area contributed by atoms with Gasteiger partial charge in [0, 0.05) is 22.7 Å². The van der Waals surface area contributed by atoms with Gasteiger partial charge in [0.15, 0.2) is 0 Å². The summed E-state index contributed by atoms with van der Waals surface area (Å²) in [5, 5.41) is 10.6. The smallest absolute Gasteiger partial charge is 0.0658 e. The lowest BCUT2D eigenvalue weighted by Gasteiger charge is -1.99. The quantitative estimate of drug-likeness (QED) is 0.891. The molecule has 2 nitrogen and oxygen atoms in total. The standard InChI is InChI=1S/C11H11BrClNO/c12-8-4-9-7(2-1-3-15)6-14-11(9)10(13)5-8/h4-6,14-15H,1-3H2. The predicted octanol–water partition coefficient (Wildman–Crippen LogP) is 3.51. The second-order valence-corrected chi connectivity index (χ2v) is 4.77. The van der Waals surface area contributed by atoms with Crippen LogP contribution in [0, 0.1) is 0 Å². The third kappa shape index (κ3) is 2.19. The maximum Gasteiger partial charge on any atom is 0.0658 e. The van der Waals surface area contributed by atoms with E-state index in [1.54, 1.807) is 0 Å². The van der Waals surface area contributed by atoms with E-state index in [0.29, 0.717) is 0 Å². The van der Waals surface area contributed by atoms with E-state index < -0.39 is 0 Å². The zero-order chi connectivity index (χ0) is 10.8. The molecule has 4 heteroatoms. The summed E-state index contributed by atoms with van der Waals surface area (Å²) in [5.41, 5.74) is 2.16. The van der Waals surface area contributed by atoms with Crippen LogP contribution in [0.15, 0.2) is 22.8 Å². The lowest BCUT2D eigenvalue weighted by Crippen LogP contribution is -1.87. The number of rotatable bonds is 3. The molecule has 80 valence electrons. The number of aromatic nitrogens is 1. The maximum atomic E-state index is 8.80. The van der Waals surface area contributed by atoms with E-state index in [-0.39, 0.29) is 6.61 Å². The van der Waals surface area contributed by atoms with Gasteiger partial charge in [-0.05, 0) is 30.5 Å². The molecule has 0 atom stereocenters. The second-order valence-electron chi connectivity index (χ2n) is 3.45. The van der Waals surface area contributed by atoms with Gasteiger partial charge in [0.1, 0.15) is 0 Å². The first-order valence-electron chi connectivity index (χ1n) is 4.78. The van der Waals surface area contributed by atoms with Crippen LogP contribution >= 0.6 is 27.5 Å². The second kappa shape index (κ2) is 4.56. The molecule has 1 aromatic carbocycles. The summed E-state index contributed by atoms with van der Waals surface area (Å²) >= 11 is 9.52. The molecule has 1 aromatic heterocycles. The van der Waals surface area contributed by atoms with Crippen molar-refractivity contribution in [2.75, 3.05) is 6.61 Å². The van der Waals surface area contributed by atoms with E-state index in [2.05, 4.69) is 20.9 Å². The van der Waals surface area contributed by atoms with Gasteiger partial charge in [0.05, 0.1) is 10.5 Å². The first kappa shape index (κ1) is 11.0. The Morgan fingerprint density at radius 3 is 2.93 bits per heavy atom.